The molecule has 7 heteroatoms. The molecule has 0 saturated carbocycles. The number of ether oxygens (including phenoxy) is 2. The molecule has 27 heavy (non-hydrogen) atoms. The second-order valence-corrected chi connectivity index (χ2v) is 5.97. The molecule has 0 fully saturated rings. The van der Waals surface area contributed by atoms with E-state index in [1.165, 1.54) is 10.9 Å². The summed E-state index contributed by atoms with van der Waals surface area (Å²) >= 11 is 0. The molecule has 0 saturated heterocycles. The van der Waals surface area contributed by atoms with Gasteiger partial charge in [-0.2, -0.15) is 0 Å². The summed E-state index contributed by atoms with van der Waals surface area (Å²) in [5.74, 6) is 0.136. The number of nitrogens with zero attached hydrogens (tertiary/aromatic N) is 2. The molecular formula is C20H16N2O5. The quantitative estimate of drug-likeness (QED) is 0.506. The van der Waals surface area contributed by atoms with Gasteiger partial charge in [0.1, 0.15) is 30.0 Å². The van der Waals surface area contributed by atoms with E-state index in [-0.39, 0.29) is 18.7 Å². The molecule has 0 spiro atoms. The van der Waals surface area contributed by atoms with Crippen LogP contribution in [0.5, 0.6) is 5.75 Å². The zero-order valence-corrected chi connectivity index (χ0v) is 14.5. The van der Waals surface area contributed by atoms with Gasteiger partial charge in [0, 0.05) is 5.39 Å². The van der Waals surface area contributed by atoms with Crippen LogP contribution < -0.4 is 10.3 Å². The van der Waals surface area contributed by atoms with Gasteiger partial charge in [-0.3, -0.25) is 14.2 Å². The van der Waals surface area contributed by atoms with Gasteiger partial charge in [-0.25, -0.2) is 4.98 Å². The number of benzene rings is 2. The minimum atomic E-state index is -0.544. The van der Waals surface area contributed by atoms with E-state index in [1.54, 1.807) is 25.3 Å². The van der Waals surface area contributed by atoms with E-state index in [9.17, 15) is 9.59 Å². The first kappa shape index (κ1) is 16.8. The van der Waals surface area contributed by atoms with Crippen LogP contribution in [-0.2, 0) is 22.7 Å². The van der Waals surface area contributed by atoms with Crippen LogP contribution in [0.3, 0.4) is 0 Å². The SMILES string of the molecule is COc1cccc(COC(=O)Cn2cnc3c(oc4ccccc43)c2=O)c1. The van der Waals surface area contributed by atoms with Gasteiger partial charge in [0.25, 0.3) is 5.56 Å². The Morgan fingerprint density at radius 3 is 2.89 bits per heavy atom. The fraction of sp³-hybridized carbons (Fsp3) is 0.150. The summed E-state index contributed by atoms with van der Waals surface area (Å²) in [6.45, 7) is -0.159. The third-order valence-corrected chi connectivity index (χ3v) is 4.18. The van der Waals surface area contributed by atoms with E-state index >= 15 is 0 Å². The third kappa shape index (κ3) is 3.27. The van der Waals surface area contributed by atoms with Gasteiger partial charge in [0.15, 0.2) is 0 Å². The molecule has 7 nitrogen and oxygen atoms in total. The zero-order valence-electron chi connectivity index (χ0n) is 14.5. The third-order valence-electron chi connectivity index (χ3n) is 4.18. The second kappa shape index (κ2) is 6.95. The maximum atomic E-state index is 12.6. The Labute approximate surface area is 153 Å². The van der Waals surface area contributed by atoms with E-state index < -0.39 is 11.5 Å². The van der Waals surface area contributed by atoms with Crippen LogP contribution in [0.4, 0.5) is 0 Å². The van der Waals surface area contributed by atoms with Crippen LogP contribution in [0.15, 0.2) is 64.1 Å². The number of methoxy groups -OCH3 is 1. The highest BCUT2D eigenvalue weighted by molar-refractivity contribution is 6.01. The van der Waals surface area contributed by atoms with Crippen LogP contribution in [0, 0.1) is 0 Å². The topological polar surface area (TPSA) is 83.6 Å². The molecule has 0 radical (unpaired) electrons. The average Bonchev–Trinajstić information content (AvgIpc) is 3.08. The highest BCUT2D eigenvalue weighted by Gasteiger charge is 2.15. The van der Waals surface area contributed by atoms with E-state index in [0.717, 1.165) is 10.9 Å². The number of aromatic nitrogens is 2. The fourth-order valence-electron chi connectivity index (χ4n) is 2.84. The lowest BCUT2D eigenvalue weighted by Gasteiger charge is -2.07. The summed E-state index contributed by atoms with van der Waals surface area (Å²) < 4.78 is 17.2. The van der Waals surface area contributed by atoms with Crippen molar-refractivity contribution in [3.63, 3.8) is 0 Å². The molecule has 0 amide bonds. The standard InChI is InChI=1S/C20H16N2O5/c1-25-14-6-4-5-13(9-14)11-26-17(23)10-22-12-21-18-15-7-2-3-8-16(15)27-19(18)20(22)24/h2-9,12H,10-11H2,1H3. The molecule has 2 heterocycles. The Morgan fingerprint density at radius 2 is 2.04 bits per heavy atom. The molecule has 0 aliphatic rings. The number of hydrogen-bond donors (Lipinski definition) is 0. The smallest absolute Gasteiger partial charge is 0.326 e. The van der Waals surface area contributed by atoms with Crippen molar-refractivity contribution in [3.8, 4) is 5.75 Å². The lowest BCUT2D eigenvalue weighted by molar-refractivity contribution is -0.145. The molecule has 0 bridgehead atoms. The Kier molecular flexibility index (Phi) is 4.33. The van der Waals surface area contributed by atoms with Gasteiger partial charge in [-0.1, -0.05) is 24.3 Å². The Bertz CT molecular complexity index is 1190. The largest absolute Gasteiger partial charge is 0.497 e. The van der Waals surface area contributed by atoms with Crippen molar-refractivity contribution in [2.45, 2.75) is 13.2 Å². The molecule has 0 atom stereocenters. The molecule has 4 aromatic rings. The summed E-state index contributed by atoms with van der Waals surface area (Å²) in [5, 5.41) is 0.761. The lowest BCUT2D eigenvalue weighted by Crippen LogP contribution is -2.25. The van der Waals surface area contributed by atoms with Crippen molar-refractivity contribution in [1.29, 1.82) is 0 Å². The fourth-order valence-corrected chi connectivity index (χ4v) is 2.84. The van der Waals surface area contributed by atoms with Crippen molar-refractivity contribution in [3.05, 3.63) is 70.8 Å². The molecule has 0 N–H and O–H groups in total. The van der Waals surface area contributed by atoms with Crippen LogP contribution in [0.1, 0.15) is 5.56 Å². The van der Waals surface area contributed by atoms with Crippen molar-refractivity contribution in [2.24, 2.45) is 0 Å². The minimum Gasteiger partial charge on any atom is -0.497 e. The summed E-state index contributed by atoms with van der Waals surface area (Å²) in [7, 11) is 1.57. The number of hydrogen-bond acceptors (Lipinski definition) is 6. The maximum absolute atomic E-state index is 12.6. The van der Waals surface area contributed by atoms with E-state index in [2.05, 4.69) is 4.98 Å². The number of esters is 1. The number of carbonyl (C=O) groups excluding carboxylic acids is 1. The van der Waals surface area contributed by atoms with Crippen LogP contribution in [-0.4, -0.2) is 22.6 Å². The Hall–Kier alpha value is -3.61. The van der Waals surface area contributed by atoms with Gasteiger partial charge in [0.05, 0.1) is 13.4 Å². The minimum absolute atomic E-state index is 0.0884. The zero-order chi connectivity index (χ0) is 18.8. The van der Waals surface area contributed by atoms with Gasteiger partial charge in [0.2, 0.25) is 5.58 Å². The summed E-state index contributed by atoms with van der Waals surface area (Å²) in [5.41, 5.74) is 1.56. The second-order valence-electron chi connectivity index (χ2n) is 5.97. The van der Waals surface area contributed by atoms with Gasteiger partial charge in [-0.05, 0) is 29.8 Å². The molecule has 0 aliphatic carbocycles. The average molecular weight is 364 g/mol. The molecule has 2 aromatic carbocycles. The summed E-state index contributed by atoms with van der Waals surface area (Å²) in [4.78, 5) is 29.0. The first-order chi connectivity index (χ1) is 13.2. The highest BCUT2D eigenvalue weighted by atomic mass is 16.5. The predicted octanol–water partition coefficient (Wildman–Crippen LogP) is 2.89. The van der Waals surface area contributed by atoms with Gasteiger partial charge < -0.3 is 13.9 Å². The molecule has 4 rings (SSSR count). The molecule has 0 unspecified atom stereocenters. The van der Waals surface area contributed by atoms with E-state index in [4.69, 9.17) is 13.9 Å². The van der Waals surface area contributed by atoms with Gasteiger partial charge >= 0.3 is 5.97 Å². The predicted molar refractivity (Wildman–Crippen MR) is 98.6 cm³/mol. The van der Waals surface area contributed by atoms with Crippen molar-refractivity contribution >= 4 is 28.0 Å². The maximum Gasteiger partial charge on any atom is 0.326 e. The molecule has 0 aliphatic heterocycles. The first-order valence-corrected chi connectivity index (χ1v) is 8.31. The number of fused-ring (bicyclic) bond motifs is 3. The Morgan fingerprint density at radius 1 is 1.19 bits per heavy atom. The van der Waals surface area contributed by atoms with E-state index in [0.29, 0.717) is 16.8 Å². The lowest BCUT2D eigenvalue weighted by atomic mass is 10.2. The Balaban J connectivity index is 1.52. The van der Waals surface area contributed by atoms with E-state index in [1.807, 2.05) is 30.3 Å². The van der Waals surface area contributed by atoms with Crippen LogP contribution in [0.2, 0.25) is 0 Å². The number of rotatable bonds is 5. The summed E-state index contributed by atoms with van der Waals surface area (Å²) in [6.07, 6.45) is 1.33. The number of para-hydroxylation sites is 1. The van der Waals surface area contributed by atoms with Crippen LogP contribution >= 0.6 is 0 Å². The normalized spacial score (nSPS) is 11.0. The molecular weight excluding hydrogens is 348 g/mol. The number of furan rings is 1. The van der Waals surface area contributed by atoms with Gasteiger partial charge in [-0.15, -0.1) is 0 Å². The first-order valence-electron chi connectivity index (χ1n) is 8.31. The van der Waals surface area contributed by atoms with Crippen LogP contribution in [0.25, 0.3) is 22.1 Å². The summed E-state index contributed by atoms with van der Waals surface area (Å²) in [6, 6.07) is 14.5. The van der Waals surface area contributed by atoms with Crippen molar-refractivity contribution in [1.82, 2.24) is 9.55 Å². The molecule has 136 valence electrons. The monoisotopic (exact) mass is 364 g/mol. The van der Waals surface area contributed by atoms with Crippen molar-refractivity contribution < 1.29 is 18.7 Å². The van der Waals surface area contributed by atoms with Crippen molar-refractivity contribution in [2.75, 3.05) is 7.11 Å². The highest BCUT2D eigenvalue weighted by Crippen LogP contribution is 2.24. The number of carbonyl (C=O) groups is 1. The molecule has 2 aromatic heterocycles.